The van der Waals surface area contributed by atoms with Crippen molar-refractivity contribution in [2.75, 3.05) is 31.5 Å². The predicted molar refractivity (Wildman–Crippen MR) is 234 cm³/mol. The second-order valence-electron chi connectivity index (χ2n) is 17.1. The number of fused-ring (bicyclic) bond motifs is 4. The molecule has 2 amide bonds. The first-order chi connectivity index (χ1) is 29.8. The maximum atomic E-state index is 12.9. The van der Waals surface area contributed by atoms with Crippen LogP contribution in [0.1, 0.15) is 108 Å². The Kier molecular flexibility index (Phi) is 13.1. The minimum atomic E-state index is -4.06. The Morgan fingerprint density at radius 2 is 1.11 bits per heavy atom. The number of amides is 2. The van der Waals surface area contributed by atoms with Gasteiger partial charge in [0.2, 0.25) is 0 Å². The first kappa shape index (κ1) is 43.8. The minimum Gasteiger partial charge on any atom is -0.387 e. The van der Waals surface area contributed by atoms with E-state index in [1.165, 1.54) is 70.2 Å². The molecule has 16 nitrogen and oxygen atoms in total. The number of hydrogen-bond donors (Lipinski definition) is 3. The average Bonchev–Trinajstić information content (AvgIpc) is 4.06. The van der Waals surface area contributed by atoms with Crippen LogP contribution in [0.25, 0.3) is 0 Å². The van der Waals surface area contributed by atoms with E-state index in [0.717, 1.165) is 120 Å². The van der Waals surface area contributed by atoms with Crippen molar-refractivity contribution in [3.63, 3.8) is 0 Å². The number of aryl methyl sites for hydroxylation is 6. The van der Waals surface area contributed by atoms with Crippen molar-refractivity contribution >= 4 is 31.8 Å². The molecule has 62 heavy (non-hydrogen) atoms. The number of benzene rings is 2. The van der Waals surface area contributed by atoms with Crippen LogP contribution in [0.2, 0.25) is 0 Å². The Labute approximate surface area is 364 Å². The molecule has 0 spiro atoms. The fourth-order valence-electron chi connectivity index (χ4n) is 9.68. The second-order valence-corrected chi connectivity index (χ2v) is 20.2. The van der Waals surface area contributed by atoms with Gasteiger partial charge in [0, 0.05) is 44.0 Å². The molecule has 0 atom stereocenters. The summed E-state index contributed by atoms with van der Waals surface area (Å²) in [4.78, 5) is 17.2. The van der Waals surface area contributed by atoms with Crippen molar-refractivity contribution < 1.29 is 26.4 Å². The normalized spacial score (nSPS) is 17.5. The summed E-state index contributed by atoms with van der Waals surface area (Å²) in [5, 5.41) is 24.7. The van der Waals surface area contributed by atoms with E-state index in [0.29, 0.717) is 19.6 Å². The zero-order valence-electron chi connectivity index (χ0n) is 35.8. The van der Waals surface area contributed by atoms with Gasteiger partial charge in [0.1, 0.15) is 5.75 Å². The molecule has 0 unspecified atom stereocenters. The SMILES string of the molecule is CCn1nc(S(=O)(=O)NC(=O)Nc2c3c(cc4c2CCC4)CCC3)cc1CN1CCC1.CCn1nc(S(N)(=O)=O)cc1CN1CCC1.N#COc1c2c(cc3c1CCC3)CCC2. The molecule has 2 aromatic carbocycles. The summed E-state index contributed by atoms with van der Waals surface area (Å²) in [6.07, 6.45) is 17.1. The molecule has 6 aliphatic rings. The number of nitrogens with two attached hydrogens (primary N) is 1. The Hall–Kier alpha value is -4.80. The molecule has 4 N–H and O–H groups in total. The molecule has 0 bridgehead atoms. The Balaban J connectivity index is 0.000000143. The van der Waals surface area contributed by atoms with Crippen LogP contribution in [0, 0.1) is 11.5 Å². The monoisotopic (exact) mass is 886 g/mol. The Morgan fingerprint density at radius 3 is 1.53 bits per heavy atom. The summed E-state index contributed by atoms with van der Waals surface area (Å²) in [6, 6.07) is 7.05. The van der Waals surface area contributed by atoms with Gasteiger partial charge in [-0.3, -0.25) is 19.2 Å². The Morgan fingerprint density at radius 1 is 0.677 bits per heavy atom. The molecule has 2 fully saturated rings. The highest BCUT2D eigenvalue weighted by atomic mass is 32.2. The molecule has 2 saturated heterocycles. The van der Waals surface area contributed by atoms with E-state index in [9.17, 15) is 21.6 Å². The number of sulfonamides is 2. The summed E-state index contributed by atoms with van der Waals surface area (Å²) in [5.41, 5.74) is 12.9. The van der Waals surface area contributed by atoms with Gasteiger partial charge in [0.15, 0.2) is 10.1 Å². The first-order valence-corrected chi connectivity index (χ1v) is 25.2. The molecule has 2 aliphatic heterocycles. The van der Waals surface area contributed by atoms with E-state index in [-0.39, 0.29) is 10.1 Å². The van der Waals surface area contributed by atoms with Crippen LogP contribution < -0.4 is 19.9 Å². The molecule has 2 aromatic heterocycles. The number of nitriles is 1. The van der Waals surface area contributed by atoms with E-state index >= 15 is 0 Å². The molecular formula is C44H58N10O6S2. The molecule has 332 valence electrons. The standard InChI is InChI=1S/C22H29N5O3S.C13H13NO.C9H16N4O2S/c1-2-27-17(14-26-10-5-11-26)13-20(24-27)31(29,30)25-22(28)23-21-18-8-3-6-15(18)12-16-7-4-9-19(16)21;14-8-15-13-11-5-1-3-9(11)7-10-4-2-6-12(10)13;1-2-13-8(7-12-4-3-5-12)6-9(11-13)16(10,14)15/h12-13H,2-11,14H2,1H3,(H2,23,25,28);7H,1-6H2;6H,2-5,7H2,1H3,(H2,10,14,15). The average molecular weight is 887 g/mol. The number of ether oxygens (including phenoxy) is 1. The van der Waals surface area contributed by atoms with Gasteiger partial charge in [-0.25, -0.2) is 23.1 Å². The third-order valence-electron chi connectivity index (χ3n) is 13.0. The van der Waals surface area contributed by atoms with E-state index < -0.39 is 26.1 Å². The van der Waals surface area contributed by atoms with Gasteiger partial charge < -0.3 is 10.1 Å². The molecule has 10 rings (SSSR count). The largest absolute Gasteiger partial charge is 0.387 e. The summed E-state index contributed by atoms with van der Waals surface area (Å²) < 4.78 is 58.9. The summed E-state index contributed by atoms with van der Waals surface area (Å²) in [5.74, 6) is 0.903. The lowest BCUT2D eigenvalue weighted by atomic mass is 9.99. The predicted octanol–water partition coefficient (Wildman–Crippen LogP) is 4.88. The third kappa shape index (κ3) is 9.42. The van der Waals surface area contributed by atoms with Gasteiger partial charge >= 0.3 is 6.03 Å². The fourth-order valence-corrected chi connectivity index (χ4v) is 11.1. The lowest BCUT2D eigenvalue weighted by molar-refractivity contribution is 0.167. The number of hydrogen-bond acceptors (Lipinski definition) is 11. The molecule has 0 saturated carbocycles. The van der Waals surface area contributed by atoms with Crippen LogP contribution in [-0.4, -0.2) is 78.4 Å². The van der Waals surface area contributed by atoms with Crippen LogP contribution >= 0.6 is 0 Å². The molecule has 4 aromatic rings. The van der Waals surface area contributed by atoms with E-state index in [4.69, 9.17) is 15.1 Å². The number of carbonyl (C=O) groups excluding carboxylic acids is 1. The quantitative estimate of drug-likeness (QED) is 0.173. The minimum absolute atomic E-state index is 0.0372. The smallest absolute Gasteiger partial charge is 0.333 e. The molecule has 18 heteroatoms. The topological polar surface area (TPSA) is 211 Å². The van der Waals surface area contributed by atoms with Crippen molar-refractivity contribution in [2.24, 2.45) is 5.14 Å². The summed E-state index contributed by atoms with van der Waals surface area (Å²) >= 11 is 0. The van der Waals surface area contributed by atoms with Gasteiger partial charge in [-0.2, -0.15) is 18.6 Å². The van der Waals surface area contributed by atoms with Crippen molar-refractivity contribution in [1.29, 1.82) is 5.26 Å². The van der Waals surface area contributed by atoms with Gasteiger partial charge in [-0.15, -0.1) is 5.26 Å². The first-order valence-electron chi connectivity index (χ1n) is 22.2. The van der Waals surface area contributed by atoms with E-state index in [1.54, 1.807) is 21.5 Å². The van der Waals surface area contributed by atoms with Crippen LogP contribution in [0.15, 0.2) is 34.3 Å². The second kappa shape index (κ2) is 18.5. The highest BCUT2D eigenvalue weighted by Crippen LogP contribution is 2.41. The number of nitrogens with zero attached hydrogens (tertiary/aromatic N) is 7. The van der Waals surface area contributed by atoms with Crippen LogP contribution in [-0.2, 0) is 97.6 Å². The van der Waals surface area contributed by atoms with Crippen LogP contribution in [0.3, 0.4) is 0 Å². The van der Waals surface area contributed by atoms with Gasteiger partial charge in [0.05, 0.1) is 11.4 Å². The number of likely N-dealkylation sites (tertiary alicyclic amines) is 2. The molecule has 0 radical (unpaired) electrons. The zero-order valence-corrected chi connectivity index (χ0v) is 37.5. The van der Waals surface area contributed by atoms with Crippen molar-refractivity contribution in [3.8, 4) is 12.0 Å². The number of carbonyl (C=O) groups is 1. The van der Waals surface area contributed by atoms with Crippen LogP contribution in [0.4, 0.5) is 10.5 Å². The van der Waals surface area contributed by atoms with Crippen LogP contribution in [0.5, 0.6) is 5.75 Å². The van der Waals surface area contributed by atoms with Gasteiger partial charge in [-0.1, -0.05) is 12.1 Å². The summed E-state index contributed by atoms with van der Waals surface area (Å²) in [6.45, 7) is 10.7. The third-order valence-corrected chi connectivity index (χ3v) is 15.0. The lowest BCUT2D eigenvalue weighted by Gasteiger charge is -2.30. The highest BCUT2D eigenvalue weighted by molar-refractivity contribution is 7.90. The Bertz CT molecular complexity index is 2540. The van der Waals surface area contributed by atoms with E-state index in [1.807, 2.05) is 20.1 Å². The van der Waals surface area contributed by atoms with E-state index in [2.05, 4.69) is 42.2 Å². The molecule has 4 heterocycles. The number of primary sulfonamides is 1. The fraction of sp³-hybridized carbons (Fsp3) is 0.545. The number of anilines is 1. The lowest BCUT2D eigenvalue weighted by Crippen LogP contribution is -2.36. The maximum absolute atomic E-state index is 12.9. The highest BCUT2D eigenvalue weighted by Gasteiger charge is 2.29. The van der Waals surface area contributed by atoms with Crippen molar-refractivity contribution in [3.05, 3.63) is 80.2 Å². The van der Waals surface area contributed by atoms with Crippen molar-refractivity contribution in [2.45, 2.75) is 140 Å². The van der Waals surface area contributed by atoms with Gasteiger partial charge in [0.25, 0.3) is 26.3 Å². The number of nitrogens with one attached hydrogen (secondary N) is 2. The summed E-state index contributed by atoms with van der Waals surface area (Å²) in [7, 11) is -7.75. The van der Waals surface area contributed by atoms with Crippen molar-refractivity contribution in [1.82, 2.24) is 34.1 Å². The molecule has 4 aliphatic carbocycles. The van der Waals surface area contributed by atoms with Gasteiger partial charge in [-0.05, 0) is 174 Å². The number of urea groups is 1. The zero-order chi connectivity index (χ0) is 43.6. The molecular weight excluding hydrogens is 829 g/mol. The number of aromatic nitrogens is 4. The number of rotatable bonds is 11. The maximum Gasteiger partial charge on any atom is 0.333 e.